The van der Waals surface area contributed by atoms with Gasteiger partial charge in [-0.3, -0.25) is 9.59 Å². The van der Waals surface area contributed by atoms with E-state index in [1.54, 1.807) is 6.92 Å². The Balaban J connectivity index is 2.62. The van der Waals surface area contributed by atoms with E-state index in [2.05, 4.69) is 0 Å². The molecule has 2 aliphatic rings. The molecule has 22 heavy (non-hydrogen) atoms. The number of fused-ring (bicyclic) bond motifs is 3. The largest absolute Gasteiger partial charge is 0.454 e. The molecule has 3 atom stereocenters. The first-order chi connectivity index (χ1) is 10.0. The molecule has 0 aromatic heterocycles. The standard InChI is InChI=1S/C12H16O10/c1-2-3-6-11(12(17,18)19)21-8(14)5-10(16,9(15)22-11)4-7(13)20-6/h6,16-19H,2-5H2,1H3. The van der Waals surface area contributed by atoms with Crippen LogP contribution in [0.25, 0.3) is 0 Å². The van der Waals surface area contributed by atoms with Gasteiger partial charge in [0.2, 0.25) is 0 Å². The Kier molecular flexibility index (Phi) is 3.90. The van der Waals surface area contributed by atoms with Gasteiger partial charge >= 0.3 is 29.7 Å². The summed E-state index contributed by atoms with van der Waals surface area (Å²) in [7, 11) is 0. The van der Waals surface area contributed by atoms with Gasteiger partial charge in [0.1, 0.15) is 0 Å². The molecule has 2 bridgehead atoms. The van der Waals surface area contributed by atoms with Crippen LogP contribution in [-0.2, 0) is 28.6 Å². The summed E-state index contributed by atoms with van der Waals surface area (Å²) in [6.07, 6.45) is -3.31. The van der Waals surface area contributed by atoms with E-state index in [4.69, 9.17) is 14.2 Å². The quantitative estimate of drug-likeness (QED) is 0.327. The molecule has 0 aromatic rings. The zero-order valence-electron chi connectivity index (χ0n) is 11.6. The number of carbonyl (C=O) groups is 3. The lowest BCUT2D eigenvalue weighted by Crippen LogP contribution is -2.67. The zero-order valence-corrected chi connectivity index (χ0v) is 11.6. The number of ether oxygens (including phenoxy) is 3. The fraction of sp³-hybridized carbons (Fsp3) is 0.750. The number of hydrogen-bond acceptors (Lipinski definition) is 10. The SMILES string of the molecule is CCCC1OC(=O)CC2(O)CC(=O)OC1(C(O)(O)O)OC2=O. The van der Waals surface area contributed by atoms with E-state index in [1.807, 2.05) is 0 Å². The molecule has 2 saturated heterocycles. The maximum Gasteiger partial charge on any atom is 0.376 e. The van der Waals surface area contributed by atoms with Gasteiger partial charge in [-0.2, -0.15) is 0 Å². The maximum atomic E-state index is 12.0. The molecule has 0 aliphatic carbocycles. The molecule has 10 nitrogen and oxygen atoms in total. The predicted molar refractivity (Wildman–Crippen MR) is 63.3 cm³/mol. The number of rotatable bonds is 3. The molecule has 0 radical (unpaired) electrons. The van der Waals surface area contributed by atoms with E-state index in [1.165, 1.54) is 0 Å². The first-order valence-corrected chi connectivity index (χ1v) is 6.58. The van der Waals surface area contributed by atoms with Crippen LogP contribution in [0.15, 0.2) is 0 Å². The monoisotopic (exact) mass is 320 g/mol. The molecule has 4 N–H and O–H groups in total. The van der Waals surface area contributed by atoms with Gasteiger partial charge in [-0.25, -0.2) is 4.79 Å². The summed E-state index contributed by atoms with van der Waals surface area (Å²) in [5.74, 6) is -10.8. The minimum atomic E-state index is -3.85. The van der Waals surface area contributed by atoms with Crippen LogP contribution in [-0.4, -0.2) is 61.8 Å². The highest BCUT2D eigenvalue weighted by molar-refractivity contribution is 5.92. The third-order valence-electron chi connectivity index (χ3n) is 3.48. The van der Waals surface area contributed by atoms with Gasteiger partial charge in [0.05, 0.1) is 12.8 Å². The highest BCUT2D eigenvalue weighted by atomic mass is 16.8. The maximum absolute atomic E-state index is 12.0. The summed E-state index contributed by atoms with van der Waals surface area (Å²) < 4.78 is 14.3. The molecule has 0 saturated carbocycles. The highest BCUT2D eigenvalue weighted by Gasteiger charge is 2.68. The Morgan fingerprint density at radius 1 is 1.14 bits per heavy atom. The number of hydrogen-bond donors (Lipinski definition) is 4. The lowest BCUT2D eigenvalue weighted by atomic mass is 9.95. The lowest BCUT2D eigenvalue weighted by Gasteiger charge is -2.42. The Hall–Kier alpha value is -1.75. The van der Waals surface area contributed by atoms with Crippen molar-refractivity contribution in [1.29, 1.82) is 0 Å². The van der Waals surface area contributed by atoms with E-state index in [-0.39, 0.29) is 6.42 Å². The fourth-order valence-electron chi connectivity index (χ4n) is 2.42. The van der Waals surface area contributed by atoms with E-state index in [0.29, 0.717) is 6.42 Å². The summed E-state index contributed by atoms with van der Waals surface area (Å²) in [4.78, 5) is 35.6. The minimum absolute atomic E-state index is 0.117. The molecule has 2 rings (SSSR count). The average Bonchev–Trinajstić information content (AvgIpc) is 2.40. The van der Waals surface area contributed by atoms with Crippen molar-refractivity contribution in [3.05, 3.63) is 0 Å². The summed E-state index contributed by atoms with van der Waals surface area (Å²) in [5.41, 5.74) is -2.57. The average molecular weight is 320 g/mol. The summed E-state index contributed by atoms with van der Waals surface area (Å²) in [6, 6.07) is 0. The number of carbonyl (C=O) groups excluding carboxylic acids is 3. The zero-order chi connectivity index (χ0) is 16.8. The first kappa shape index (κ1) is 16.6. The Labute approximate surface area is 124 Å². The minimum Gasteiger partial charge on any atom is -0.454 e. The van der Waals surface area contributed by atoms with Gasteiger partial charge in [0.15, 0.2) is 11.7 Å². The van der Waals surface area contributed by atoms with Gasteiger partial charge in [-0.05, 0) is 6.42 Å². The van der Waals surface area contributed by atoms with Crippen molar-refractivity contribution in [2.45, 2.75) is 56.1 Å². The summed E-state index contributed by atoms with van der Waals surface area (Å²) in [6.45, 7) is 1.63. The second-order valence-electron chi connectivity index (χ2n) is 5.32. The molecule has 2 fully saturated rings. The molecule has 0 aromatic carbocycles. The second-order valence-corrected chi connectivity index (χ2v) is 5.32. The molecule has 3 unspecified atom stereocenters. The Morgan fingerprint density at radius 3 is 2.27 bits per heavy atom. The lowest BCUT2D eigenvalue weighted by molar-refractivity contribution is -0.461. The van der Waals surface area contributed by atoms with Crippen LogP contribution in [0.4, 0.5) is 0 Å². The number of cyclic esters (lactones) is 1. The second kappa shape index (κ2) is 5.16. The van der Waals surface area contributed by atoms with E-state index < -0.39 is 54.2 Å². The van der Waals surface area contributed by atoms with Crippen molar-refractivity contribution in [2.24, 2.45) is 0 Å². The van der Waals surface area contributed by atoms with Crippen molar-refractivity contribution < 1.29 is 49.0 Å². The molecular formula is C12H16O10. The predicted octanol–water partition coefficient (Wildman–Crippen LogP) is -2.35. The van der Waals surface area contributed by atoms with E-state index >= 15 is 0 Å². The van der Waals surface area contributed by atoms with Crippen molar-refractivity contribution in [3.8, 4) is 0 Å². The van der Waals surface area contributed by atoms with Crippen LogP contribution in [0.5, 0.6) is 0 Å². The van der Waals surface area contributed by atoms with Gasteiger partial charge < -0.3 is 34.6 Å². The summed E-state index contributed by atoms with van der Waals surface area (Å²) >= 11 is 0. The van der Waals surface area contributed by atoms with Crippen LogP contribution < -0.4 is 0 Å². The molecule has 0 spiro atoms. The van der Waals surface area contributed by atoms with E-state index in [9.17, 15) is 34.8 Å². The van der Waals surface area contributed by atoms with Gasteiger partial charge in [0.25, 0.3) is 0 Å². The Morgan fingerprint density at radius 2 is 1.73 bits per heavy atom. The molecule has 124 valence electrons. The van der Waals surface area contributed by atoms with Crippen LogP contribution in [0, 0.1) is 0 Å². The Bertz CT molecular complexity index is 509. The summed E-state index contributed by atoms with van der Waals surface area (Å²) in [5, 5.41) is 38.7. The van der Waals surface area contributed by atoms with Gasteiger partial charge in [-0.1, -0.05) is 13.3 Å². The van der Waals surface area contributed by atoms with Gasteiger partial charge in [-0.15, -0.1) is 0 Å². The normalized spacial score (nSPS) is 35.9. The van der Waals surface area contributed by atoms with Crippen molar-refractivity contribution in [3.63, 3.8) is 0 Å². The number of esters is 3. The van der Waals surface area contributed by atoms with E-state index in [0.717, 1.165) is 0 Å². The molecule has 0 amide bonds. The third kappa shape index (κ3) is 2.54. The third-order valence-corrected chi connectivity index (χ3v) is 3.48. The van der Waals surface area contributed by atoms with Crippen molar-refractivity contribution in [1.82, 2.24) is 0 Å². The fourth-order valence-corrected chi connectivity index (χ4v) is 2.42. The highest BCUT2D eigenvalue weighted by Crippen LogP contribution is 2.40. The molecule has 2 heterocycles. The topological polar surface area (TPSA) is 160 Å². The number of aliphatic hydroxyl groups is 4. The van der Waals surface area contributed by atoms with Crippen molar-refractivity contribution >= 4 is 17.9 Å². The first-order valence-electron chi connectivity index (χ1n) is 6.58. The van der Waals surface area contributed by atoms with Crippen LogP contribution >= 0.6 is 0 Å². The van der Waals surface area contributed by atoms with Crippen LogP contribution in [0.1, 0.15) is 32.6 Å². The molecular weight excluding hydrogens is 304 g/mol. The van der Waals surface area contributed by atoms with Crippen molar-refractivity contribution in [2.75, 3.05) is 0 Å². The van der Waals surface area contributed by atoms with Gasteiger partial charge in [0, 0.05) is 0 Å². The smallest absolute Gasteiger partial charge is 0.376 e. The van der Waals surface area contributed by atoms with Crippen LogP contribution in [0.2, 0.25) is 0 Å². The molecule has 2 aliphatic heterocycles. The molecule has 10 heteroatoms. The van der Waals surface area contributed by atoms with Crippen LogP contribution in [0.3, 0.4) is 0 Å².